The van der Waals surface area contributed by atoms with E-state index in [4.69, 9.17) is 5.73 Å². The number of unbranched alkanes of at least 4 members (excludes halogenated alkanes) is 2. The van der Waals surface area contributed by atoms with Crippen LogP contribution >= 0.6 is 23.1 Å². The number of aromatic nitrogens is 1. The number of thiazole rings is 1. The van der Waals surface area contributed by atoms with Crippen LogP contribution in [0.25, 0.3) is 10.8 Å². The van der Waals surface area contributed by atoms with Crippen LogP contribution in [-0.4, -0.2) is 4.98 Å². The van der Waals surface area contributed by atoms with Gasteiger partial charge in [-0.25, -0.2) is 4.98 Å². The van der Waals surface area contributed by atoms with E-state index in [2.05, 4.69) is 54.4 Å². The van der Waals surface area contributed by atoms with E-state index in [0.29, 0.717) is 5.13 Å². The van der Waals surface area contributed by atoms with Gasteiger partial charge in [-0.2, -0.15) is 0 Å². The second-order valence-electron chi connectivity index (χ2n) is 5.35. The van der Waals surface area contributed by atoms with Gasteiger partial charge in [-0.15, -0.1) is 0 Å². The summed E-state index contributed by atoms with van der Waals surface area (Å²) < 4.78 is 1.24. The second-order valence-corrected chi connectivity index (χ2v) is 7.73. The number of anilines is 1. The van der Waals surface area contributed by atoms with E-state index in [1.54, 1.807) is 23.1 Å². The van der Waals surface area contributed by atoms with Crippen molar-refractivity contribution in [3.63, 3.8) is 0 Å². The quantitative estimate of drug-likeness (QED) is 0.584. The monoisotopic (exact) mass is 328 g/mol. The summed E-state index contributed by atoms with van der Waals surface area (Å²) in [4.78, 5) is 5.77. The molecule has 0 bridgehead atoms. The Hall–Kier alpha value is -1.52. The van der Waals surface area contributed by atoms with Gasteiger partial charge in [0.05, 0.1) is 9.90 Å². The number of aryl methyl sites for hydroxylation is 1. The zero-order valence-electron chi connectivity index (χ0n) is 12.7. The first-order valence-corrected chi connectivity index (χ1v) is 9.31. The smallest absolute Gasteiger partial charge is 0.181 e. The van der Waals surface area contributed by atoms with Crippen LogP contribution in [0.1, 0.15) is 31.9 Å². The SMILES string of the molecule is CCCCCc1nc(N)sc1Sc1ccc2ccccc2c1. The fourth-order valence-corrected chi connectivity index (χ4v) is 4.60. The highest BCUT2D eigenvalue weighted by Crippen LogP contribution is 2.38. The summed E-state index contributed by atoms with van der Waals surface area (Å²) in [7, 11) is 0. The zero-order chi connectivity index (χ0) is 15.4. The van der Waals surface area contributed by atoms with E-state index in [-0.39, 0.29) is 0 Å². The van der Waals surface area contributed by atoms with Crippen LogP contribution in [0.4, 0.5) is 5.13 Å². The van der Waals surface area contributed by atoms with Gasteiger partial charge in [-0.1, -0.05) is 73.2 Å². The van der Waals surface area contributed by atoms with Gasteiger partial charge in [-0.3, -0.25) is 0 Å². The summed E-state index contributed by atoms with van der Waals surface area (Å²) in [6.45, 7) is 2.22. The van der Waals surface area contributed by atoms with Gasteiger partial charge in [0, 0.05) is 4.90 Å². The van der Waals surface area contributed by atoms with E-state index >= 15 is 0 Å². The Morgan fingerprint density at radius 1 is 1.09 bits per heavy atom. The molecule has 0 saturated carbocycles. The molecule has 2 nitrogen and oxygen atoms in total. The van der Waals surface area contributed by atoms with Gasteiger partial charge in [0.25, 0.3) is 0 Å². The number of nitrogens with zero attached hydrogens (tertiary/aromatic N) is 1. The second kappa shape index (κ2) is 7.16. The Morgan fingerprint density at radius 2 is 1.91 bits per heavy atom. The summed E-state index contributed by atoms with van der Waals surface area (Å²) in [5, 5.41) is 3.23. The average molecular weight is 329 g/mol. The lowest BCUT2D eigenvalue weighted by molar-refractivity contribution is 0.705. The molecule has 1 heterocycles. The van der Waals surface area contributed by atoms with E-state index < -0.39 is 0 Å². The molecule has 2 aromatic carbocycles. The van der Waals surface area contributed by atoms with Gasteiger partial charge in [-0.05, 0) is 35.7 Å². The molecule has 0 saturated heterocycles. The normalized spacial score (nSPS) is 11.1. The summed E-state index contributed by atoms with van der Waals surface area (Å²) in [5.41, 5.74) is 7.08. The molecule has 114 valence electrons. The number of nitrogen functional groups attached to an aromatic ring is 1. The van der Waals surface area contributed by atoms with Gasteiger partial charge in [0.2, 0.25) is 0 Å². The van der Waals surface area contributed by atoms with E-state index in [1.807, 2.05) is 0 Å². The maximum Gasteiger partial charge on any atom is 0.181 e. The van der Waals surface area contributed by atoms with Crippen LogP contribution in [0.5, 0.6) is 0 Å². The molecule has 0 aliphatic rings. The molecular weight excluding hydrogens is 308 g/mol. The van der Waals surface area contributed by atoms with Gasteiger partial charge >= 0.3 is 0 Å². The van der Waals surface area contributed by atoms with Crippen LogP contribution in [0.3, 0.4) is 0 Å². The first-order chi connectivity index (χ1) is 10.8. The molecule has 0 radical (unpaired) electrons. The lowest BCUT2D eigenvalue weighted by atomic mass is 10.1. The van der Waals surface area contributed by atoms with Crippen molar-refractivity contribution < 1.29 is 0 Å². The third-order valence-electron chi connectivity index (χ3n) is 3.63. The maximum absolute atomic E-state index is 5.92. The van der Waals surface area contributed by atoms with Gasteiger partial charge in [0.1, 0.15) is 0 Å². The summed E-state index contributed by atoms with van der Waals surface area (Å²) >= 11 is 3.39. The minimum Gasteiger partial charge on any atom is -0.375 e. The molecule has 1 aromatic heterocycles. The number of fused-ring (bicyclic) bond motifs is 1. The molecule has 2 N–H and O–H groups in total. The molecule has 3 aromatic rings. The van der Waals surface area contributed by atoms with Gasteiger partial charge in [0.15, 0.2) is 5.13 Å². The van der Waals surface area contributed by atoms with Crippen molar-refractivity contribution in [1.82, 2.24) is 4.98 Å². The molecule has 4 heteroatoms. The van der Waals surface area contributed by atoms with Gasteiger partial charge < -0.3 is 5.73 Å². The molecule has 0 amide bonds. The lowest BCUT2D eigenvalue weighted by Crippen LogP contribution is -1.89. The van der Waals surface area contributed by atoms with Crippen molar-refractivity contribution in [2.24, 2.45) is 0 Å². The largest absolute Gasteiger partial charge is 0.375 e. The fraction of sp³-hybridized carbons (Fsp3) is 0.278. The van der Waals surface area contributed by atoms with Crippen molar-refractivity contribution in [3.05, 3.63) is 48.2 Å². The van der Waals surface area contributed by atoms with Crippen LogP contribution in [0, 0.1) is 0 Å². The molecule has 3 rings (SSSR count). The Bertz CT molecular complexity index is 765. The topological polar surface area (TPSA) is 38.9 Å². The van der Waals surface area contributed by atoms with Crippen molar-refractivity contribution in [3.8, 4) is 0 Å². The Labute approximate surface area is 139 Å². The maximum atomic E-state index is 5.92. The average Bonchev–Trinajstić information content (AvgIpc) is 2.87. The molecule has 0 unspecified atom stereocenters. The zero-order valence-corrected chi connectivity index (χ0v) is 14.3. The van der Waals surface area contributed by atoms with Crippen molar-refractivity contribution >= 4 is 39.0 Å². The Balaban J connectivity index is 1.81. The third kappa shape index (κ3) is 3.62. The molecule has 0 aliphatic carbocycles. The first kappa shape index (κ1) is 15.4. The third-order valence-corrected chi connectivity index (χ3v) is 5.76. The lowest BCUT2D eigenvalue weighted by Gasteiger charge is -2.04. The Kier molecular flexibility index (Phi) is 5.01. The fourth-order valence-electron chi connectivity index (χ4n) is 2.47. The highest BCUT2D eigenvalue weighted by Gasteiger charge is 2.11. The number of hydrogen-bond acceptors (Lipinski definition) is 4. The minimum absolute atomic E-state index is 0.676. The minimum atomic E-state index is 0.676. The highest BCUT2D eigenvalue weighted by atomic mass is 32.2. The molecule has 0 fully saturated rings. The highest BCUT2D eigenvalue weighted by molar-refractivity contribution is 8.01. The molecular formula is C18H20N2S2. The predicted octanol–water partition coefficient (Wildman–Crippen LogP) is 5.76. The molecule has 0 spiro atoms. The van der Waals surface area contributed by atoms with Crippen LogP contribution < -0.4 is 5.73 Å². The molecule has 0 atom stereocenters. The Morgan fingerprint density at radius 3 is 2.73 bits per heavy atom. The van der Waals surface area contributed by atoms with E-state index in [1.165, 1.54) is 39.1 Å². The molecule has 22 heavy (non-hydrogen) atoms. The van der Waals surface area contributed by atoms with Crippen LogP contribution in [0.15, 0.2) is 51.6 Å². The predicted molar refractivity (Wildman–Crippen MR) is 97.8 cm³/mol. The summed E-state index contributed by atoms with van der Waals surface area (Å²) in [5.74, 6) is 0. The van der Waals surface area contributed by atoms with Crippen LogP contribution in [-0.2, 0) is 6.42 Å². The number of rotatable bonds is 6. The van der Waals surface area contributed by atoms with E-state index in [0.717, 1.165) is 12.1 Å². The number of benzene rings is 2. The summed E-state index contributed by atoms with van der Waals surface area (Å²) in [6.07, 6.45) is 4.69. The van der Waals surface area contributed by atoms with Crippen LogP contribution in [0.2, 0.25) is 0 Å². The summed E-state index contributed by atoms with van der Waals surface area (Å²) in [6, 6.07) is 15.1. The first-order valence-electron chi connectivity index (χ1n) is 7.68. The number of hydrogen-bond donors (Lipinski definition) is 1. The number of nitrogens with two attached hydrogens (primary N) is 1. The standard InChI is InChI=1S/C18H20N2S2/c1-2-3-4-9-16-17(22-18(19)20-16)21-15-11-10-13-7-5-6-8-14(13)12-15/h5-8,10-12H,2-4,9H2,1H3,(H2,19,20). The van der Waals surface area contributed by atoms with Crippen molar-refractivity contribution in [2.75, 3.05) is 5.73 Å². The van der Waals surface area contributed by atoms with E-state index in [9.17, 15) is 0 Å². The van der Waals surface area contributed by atoms with Crippen molar-refractivity contribution in [1.29, 1.82) is 0 Å². The van der Waals surface area contributed by atoms with Crippen molar-refractivity contribution in [2.45, 2.75) is 41.7 Å². The molecule has 0 aliphatic heterocycles.